The van der Waals surface area contributed by atoms with Crippen LogP contribution in [0.15, 0.2) is 54.6 Å². The van der Waals surface area contributed by atoms with Crippen molar-refractivity contribution >= 4 is 63.2 Å². The number of rotatable bonds is 5. The van der Waals surface area contributed by atoms with Gasteiger partial charge in [0.15, 0.2) is 0 Å². The Labute approximate surface area is 175 Å². The summed E-state index contributed by atoms with van der Waals surface area (Å²) in [7, 11) is 0. The van der Waals surface area contributed by atoms with E-state index in [1.165, 1.54) is 12.1 Å². The fraction of sp³-hybridized carbons (Fsp3) is 0.0500. The number of fused-ring (bicyclic) bond motifs is 1. The number of aromatic amines is 1. The molecule has 0 saturated carbocycles. The van der Waals surface area contributed by atoms with E-state index in [9.17, 15) is 4.39 Å². The van der Waals surface area contributed by atoms with Gasteiger partial charge in [-0.2, -0.15) is 0 Å². The third kappa shape index (κ3) is 4.02. The molecule has 4 nitrogen and oxygen atoms in total. The van der Waals surface area contributed by atoms with Gasteiger partial charge in [-0.1, -0.05) is 46.9 Å². The minimum absolute atomic E-state index is 0.100. The van der Waals surface area contributed by atoms with Gasteiger partial charge in [0, 0.05) is 12.2 Å². The number of aromatic nitrogens is 2. The highest BCUT2D eigenvalue weighted by Gasteiger charge is 2.09. The highest BCUT2D eigenvalue weighted by atomic mass is 35.5. The summed E-state index contributed by atoms with van der Waals surface area (Å²) >= 11 is 18.1. The molecular formula is C20H14Cl3FN4. The molecule has 3 aromatic carbocycles. The van der Waals surface area contributed by atoms with Crippen molar-refractivity contribution in [1.29, 1.82) is 0 Å². The Bertz CT molecular complexity index is 1140. The fourth-order valence-electron chi connectivity index (χ4n) is 2.77. The molecule has 0 aliphatic rings. The van der Waals surface area contributed by atoms with Crippen molar-refractivity contribution < 1.29 is 4.39 Å². The average Bonchev–Trinajstić information content (AvgIpc) is 3.07. The standard InChI is InChI=1S/C20H14Cl3FN4/c21-13-6-5-12(9-16(13)24)25-10-11-4-7-17-18(8-11)27-20(26-17)28-19-14(22)2-1-3-15(19)23/h1-9,25H,10H2,(H2,26,27,28). The number of hydrogen-bond donors (Lipinski definition) is 3. The molecular weight excluding hydrogens is 422 g/mol. The van der Waals surface area contributed by atoms with Crippen LogP contribution in [0.1, 0.15) is 5.56 Å². The molecule has 0 saturated heterocycles. The van der Waals surface area contributed by atoms with E-state index in [0.717, 1.165) is 16.6 Å². The van der Waals surface area contributed by atoms with Crippen LogP contribution >= 0.6 is 34.8 Å². The van der Waals surface area contributed by atoms with E-state index in [-0.39, 0.29) is 5.02 Å². The first kappa shape index (κ1) is 18.9. The summed E-state index contributed by atoms with van der Waals surface area (Å²) in [5, 5.41) is 7.41. The Kier molecular flexibility index (Phi) is 5.31. The van der Waals surface area contributed by atoms with Crippen LogP contribution in [0.3, 0.4) is 0 Å². The van der Waals surface area contributed by atoms with Crippen LogP contribution in [0.25, 0.3) is 11.0 Å². The number of H-pyrrole nitrogens is 1. The Morgan fingerprint density at radius 1 is 0.929 bits per heavy atom. The predicted molar refractivity (Wildman–Crippen MR) is 115 cm³/mol. The van der Waals surface area contributed by atoms with Gasteiger partial charge in [-0.15, -0.1) is 0 Å². The molecule has 4 rings (SSSR count). The molecule has 8 heteroatoms. The van der Waals surface area contributed by atoms with Crippen molar-refractivity contribution in [2.75, 3.05) is 10.6 Å². The highest BCUT2D eigenvalue weighted by molar-refractivity contribution is 6.39. The molecule has 1 heterocycles. The minimum Gasteiger partial charge on any atom is -0.381 e. The second-order valence-electron chi connectivity index (χ2n) is 6.14. The lowest BCUT2D eigenvalue weighted by Crippen LogP contribution is -1.99. The van der Waals surface area contributed by atoms with Crippen molar-refractivity contribution in [2.24, 2.45) is 0 Å². The van der Waals surface area contributed by atoms with Gasteiger partial charge in [0.25, 0.3) is 0 Å². The van der Waals surface area contributed by atoms with E-state index in [1.54, 1.807) is 24.3 Å². The van der Waals surface area contributed by atoms with E-state index in [1.807, 2.05) is 18.2 Å². The predicted octanol–water partition coefficient (Wildman–Crippen LogP) is 7.02. The largest absolute Gasteiger partial charge is 0.381 e. The normalized spacial score (nSPS) is 11.0. The van der Waals surface area contributed by atoms with Gasteiger partial charge in [0.05, 0.1) is 31.8 Å². The second-order valence-corrected chi connectivity index (χ2v) is 7.36. The SMILES string of the molecule is Fc1cc(NCc2ccc3nc(Nc4c(Cl)cccc4Cl)[nH]c3c2)ccc1Cl. The summed E-state index contributed by atoms with van der Waals surface area (Å²) in [5.41, 5.74) is 3.91. The van der Waals surface area contributed by atoms with Crippen molar-refractivity contribution in [3.05, 3.63) is 81.0 Å². The zero-order valence-corrected chi connectivity index (χ0v) is 16.6. The summed E-state index contributed by atoms with van der Waals surface area (Å²) in [6.07, 6.45) is 0. The summed E-state index contributed by atoms with van der Waals surface area (Å²) < 4.78 is 13.5. The topological polar surface area (TPSA) is 52.7 Å². The molecule has 4 aromatic rings. The third-order valence-electron chi connectivity index (χ3n) is 4.17. The molecule has 0 bridgehead atoms. The monoisotopic (exact) mass is 434 g/mol. The Morgan fingerprint density at radius 3 is 2.46 bits per heavy atom. The lowest BCUT2D eigenvalue weighted by atomic mass is 10.2. The van der Waals surface area contributed by atoms with Crippen LogP contribution in [0.2, 0.25) is 15.1 Å². The first-order chi connectivity index (χ1) is 13.5. The molecule has 142 valence electrons. The summed E-state index contributed by atoms with van der Waals surface area (Å²) in [6, 6.07) is 15.7. The molecule has 1 aromatic heterocycles. The van der Waals surface area contributed by atoms with Crippen molar-refractivity contribution in [1.82, 2.24) is 9.97 Å². The van der Waals surface area contributed by atoms with Gasteiger partial charge in [-0.25, -0.2) is 9.37 Å². The minimum atomic E-state index is -0.454. The van der Waals surface area contributed by atoms with Gasteiger partial charge in [0.1, 0.15) is 5.82 Å². The van der Waals surface area contributed by atoms with Gasteiger partial charge in [-0.05, 0) is 48.0 Å². The Balaban J connectivity index is 1.52. The molecule has 0 fully saturated rings. The number of para-hydroxylation sites is 1. The van der Waals surface area contributed by atoms with Crippen molar-refractivity contribution in [2.45, 2.75) is 6.54 Å². The smallest absolute Gasteiger partial charge is 0.205 e. The number of nitrogens with one attached hydrogen (secondary N) is 3. The first-order valence-corrected chi connectivity index (χ1v) is 9.51. The van der Waals surface area contributed by atoms with E-state index >= 15 is 0 Å². The van der Waals surface area contributed by atoms with Crippen LogP contribution in [-0.2, 0) is 6.54 Å². The zero-order valence-electron chi connectivity index (χ0n) is 14.4. The quantitative estimate of drug-likeness (QED) is 0.316. The van der Waals surface area contributed by atoms with E-state index in [4.69, 9.17) is 34.8 Å². The maximum Gasteiger partial charge on any atom is 0.205 e. The van der Waals surface area contributed by atoms with Crippen LogP contribution in [0, 0.1) is 5.82 Å². The summed E-state index contributed by atoms with van der Waals surface area (Å²) in [6.45, 7) is 0.523. The fourth-order valence-corrected chi connectivity index (χ4v) is 3.38. The first-order valence-electron chi connectivity index (χ1n) is 8.38. The lowest BCUT2D eigenvalue weighted by Gasteiger charge is -2.07. The van der Waals surface area contributed by atoms with Crippen LogP contribution in [-0.4, -0.2) is 9.97 Å². The molecule has 0 unspecified atom stereocenters. The van der Waals surface area contributed by atoms with Crippen molar-refractivity contribution in [3.63, 3.8) is 0 Å². The number of imidazole rings is 1. The van der Waals surface area contributed by atoms with Crippen LogP contribution in [0.5, 0.6) is 0 Å². The molecule has 3 N–H and O–H groups in total. The van der Waals surface area contributed by atoms with Gasteiger partial charge in [0.2, 0.25) is 5.95 Å². The lowest BCUT2D eigenvalue weighted by molar-refractivity contribution is 0.628. The zero-order chi connectivity index (χ0) is 19.7. The maximum absolute atomic E-state index is 13.5. The van der Waals surface area contributed by atoms with E-state index in [0.29, 0.717) is 33.9 Å². The molecule has 0 spiro atoms. The Hall–Kier alpha value is -2.47. The van der Waals surface area contributed by atoms with Crippen LogP contribution < -0.4 is 10.6 Å². The number of benzene rings is 3. The molecule has 0 atom stereocenters. The molecule has 0 amide bonds. The van der Waals surface area contributed by atoms with Crippen LogP contribution in [0.4, 0.5) is 21.7 Å². The molecule has 28 heavy (non-hydrogen) atoms. The van der Waals surface area contributed by atoms with E-state index < -0.39 is 5.82 Å². The summed E-state index contributed by atoms with van der Waals surface area (Å²) in [5.74, 6) is 0.0829. The van der Waals surface area contributed by atoms with E-state index in [2.05, 4.69) is 20.6 Å². The van der Waals surface area contributed by atoms with Gasteiger partial charge < -0.3 is 15.6 Å². The molecule has 0 aliphatic heterocycles. The average molecular weight is 436 g/mol. The Morgan fingerprint density at radius 2 is 1.71 bits per heavy atom. The molecule has 0 aliphatic carbocycles. The second kappa shape index (κ2) is 7.87. The maximum atomic E-state index is 13.5. The highest BCUT2D eigenvalue weighted by Crippen LogP contribution is 2.32. The molecule has 0 radical (unpaired) electrons. The number of hydrogen-bond acceptors (Lipinski definition) is 3. The van der Waals surface area contributed by atoms with Gasteiger partial charge in [-0.3, -0.25) is 0 Å². The summed E-state index contributed by atoms with van der Waals surface area (Å²) in [4.78, 5) is 7.71. The van der Waals surface area contributed by atoms with Gasteiger partial charge >= 0.3 is 0 Å². The van der Waals surface area contributed by atoms with Crippen molar-refractivity contribution in [3.8, 4) is 0 Å². The third-order valence-corrected chi connectivity index (χ3v) is 5.11. The number of halogens is 4. The number of nitrogens with zero attached hydrogens (tertiary/aromatic N) is 1. The number of anilines is 3.